The number of carbonyl (C=O) groups excluding carboxylic acids is 1. The third kappa shape index (κ3) is 3.55. The highest BCUT2D eigenvalue weighted by atomic mass is 32.1. The van der Waals surface area contributed by atoms with Gasteiger partial charge in [-0.1, -0.05) is 36.4 Å². The Morgan fingerprint density at radius 1 is 0.968 bits per heavy atom. The molecule has 0 aliphatic carbocycles. The molecule has 1 amide bonds. The van der Waals surface area contributed by atoms with Crippen molar-refractivity contribution in [3.8, 4) is 17.1 Å². The first-order valence-corrected chi connectivity index (χ1v) is 10.1. The topological polar surface area (TPSA) is 63.3 Å². The molecule has 0 radical (unpaired) electrons. The summed E-state index contributed by atoms with van der Waals surface area (Å²) >= 11 is 5.42. The van der Waals surface area contributed by atoms with Gasteiger partial charge in [-0.15, -0.1) is 0 Å². The fraction of sp³-hybridized carbons (Fsp3) is 0.0417. The third-order valence-corrected chi connectivity index (χ3v) is 5.21. The second kappa shape index (κ2) is 7.70. The van der Waals surface area contributed by atoms with E-state index in [4.69, 9.17) is 21.7 Å². The lowest BCUT2D eigenvalue weighted by Gasteiger charge is -2.13. The van der Waals surface area contributed by atoms with Crippen molar-refractivity contribution in [3.63, 3.8) is 0 Å². The molecule has 31 heavy (non-hydrogen) atoms. The summed E-state index contributed by atoms with van der Waals surface area (Å²) in [6.45, 7) is 1.88. The molecule has 0 atom stereocenters. The van der Waals surface area contributed by atoms with Crippen LogP contribution in [0.5, 0.6) is 0 Å². The van der Waals surface area contributed by atoms with Crippen LogP contribution in [0.3, 0.4) is 0 Å². The summed E-state index contributed by atoms with van der Waals surface area (Å²) < 4.78 is 7.59. The number of anilines is 1. The Kier molecular flexibility index (Phi) is 4.72. The van der Waals surface area contributed by atoms with E-state index in [0.717, 1.165) is 22.7 Å². The van der Waals surface area contributed by atoms with Gasteiger partial charge in [0.1, 0.15) is 17.2 Å². The minimum atomic E-state index is -0.217. The van der Waals surface area contributed by atoms with Gasteiger partial charge in [0.2, 0.25) is 0 Å². The van der Waals surface area contributed by atoms with Crippen LogP contribution in [-0.2, 0) is 4.79 Å². The summed E-state index contributed by atoms with van der Waals surface area (Å²) in [6.07, 6.45) is 3.63. The van der Waals surface area contributed by atoms with E-state index in [2.05, 4.69) is 5.32 Å². The molecule has 1 fully saturated rings. The van der Waals surface area contributed by atoms with Crippen LogP contribution in [0.4, 0.5) is 5.69 Å². The first kappa shape index (κ1) is 19.0. The number of amides is 1. The number of hydrogen-bond acceptors (Lipinski definition) is 4. The molecule has 1 N–H and O–H groups in total. The minimum Gasteiger partial charge on any atom is -0.460 e. The zero-order chi connectivity index (χ0) is 21.4. The van der Waals surface area contributed by atoms with Crippen LogP contribution in [0, 0.1) is 6.92 Å². The molecule has 1 aliphatic heterocycles. The zero-order valence-corrected chi connectivity index (χ0v) is 17.5. The normalized spacial score (nSPS) is 15.0. The van der Waals surface area contributed by atoms with Gasteiger partial charge in [-0.3, -0.25) is 9.69 Å². The van der Waals surface area contributed by atoms with E-state index >= 15 is 0 Å². The second-order valence-electron chi connectivity index (χ2n) is 7.09. The molecule has 4 aromatic rings. The van der Waals surface area contributed by atoms with E-state index in [-0.39, 0.29) is 5.91 Å². The highest BCUT2D eigenvalue weighted by Gasteiger charge is 2.32. The van der Waals surface area contributed by atoms with E-state index in [9.17, 15) is 4.79 Å². The number of thiocarbonyl (C=S) groups is 1. The number of rotatable bonds is 4. The van der Waals surface area contributed by atoms with Crippen molar-refractivity contribution in [3.05, 3.63) is 96.0 Å². The fourth-order valence-corrected chi connectivity index (χ4v) is 3.76. The molecule has 2 aromatic carbocycles. The van der Waals surface area contributed by atoms with Crippen LogP contribution in [0.25, 0.3) is 23.2 Å². The van der Waals surface area contributed by atoms with Gasteiger partial charge in [-0.2, -0.15) is 5.10 Å². The standard InChI is InChI=1S/C24H18N4O2S/c1-16-12-13-21(30-16)22-17(15-27(26-22)18-8-4-2-5-9-18)14-20-23(29)28(24(31)25-20)19-10-6-3-7-11-19/h2-15H,1H3,(H,25,31)/b20-14-. The molecule has 6 nitrogen and oxygen atoms in total. The Hall–Kier alpha value is -3.97. The molecule has 152 valence electrons. The van der Waals surface area contributed by atoms with E-state index in [0.29, 0.717) is 22.3 Å². The SMILES string of the molecule is Cc1ccc(-c2nn(-c3ccccc3)cc2/C=C2\NC(=S)N(c3ccccc3)C2=O)o1. The lowest BCUT2D eigenvalue weighted by molar-refractivity contribution is -0.113. The summed E-state index contributed by atoms with van der Waals surface area (Å²) in [5.41, 5.74) is 3.39. The molecule has 7 heteroatoms. The van der Waals surface area contributed by atoms with Crippen LogP contribution in [0.15, 0.2) is 89.1 Å². The number of benzene rings is 2. The van der Waals surface area contributed by atoms with E-state index in [1.165, 1.54) is 4.90 Å². The van der Waals surface area contributed by atoms with Gasteiger partial charge in [0.15, 0.2) is 10.9 Å². The average molecular weight is 427 g/mol. The van der Waals surface area contributed by atoms with Crippen molar-refractivity contribution in [2.45, 2.75) is 6.92 Å². The predicted octanol–water partition coefficient (Wildman–Crippen LogP) is 4.70. The molecule has 1 aliphatic rings. The number of aromatic nitrogens is 2. The maximum Gasteiger partial charge on any atom is 0.281 e. The fourth-order valence-electron chi connectivity index (χ4n) is 3.46. The van der Waals surface area contributed by atoms with Crippen molar-refractivity contribution in [1.82, 2.24) is 15.1 Å². The van der Waals surface area contributed by atoms with Crippen LogP contribution in [-0.4, -0.2) is 20.8 Å². The molecule has 1 saturated heterocycles. The lowest BCUT2D eigenvalue weighted by atomic mass is 10.1. The van der Waals surface area contributed by atoms with Gasteiger partial charge in [-0.25, -0.2) is 4.68 Å². The highest BCUT2D eigenvalue weighted by Crippen LogP contribution is 2.29. The van der Waals surface area contributed by atoms with Crippen LogP contribution >= 0.6 is 12.2 Å². The van der Waals surface area contributed by atoms with Gasteiger partial charge in [-0.05, 0) is 61.6 Å². The Balaban J connectivity index is 1.58. The minimum absolute atomic E-state index is 0.217. The number of aryl methyl sites for hydroxylation is 1. The summed E-state index contributed by atoms with van der Waals surface area (Å²) in [5.74, 6) is 1.20. The van der Waals surface area contributed by atoms with E-state index in [1.54, 1.807) is 10.8 Å². The summed E-state index contributed by atoms with van der Waals surface area (Å²) in [6, 6.07) is 22.9. The lowest BCUT2D eigenvalue weighted by Crippen LogP contribution is -2.30. The molecule has 0 saturated carbocycles. The highest BCUT2D eigenvalue weighted by molar-refractivity contribution is 7.80. The van der Waals surface area contributed by atoms with Gasteiger partial charge >= 0.3 is 0 Å². The van der Waals surface area contributed by atoms with Gasteiger partial charge in [0.05, 0.1) is 11.4 Å². The molecular weight excluding hydrogens is 408 g/mol. The number of nitrogens with one attached hydrogen (secondary N) is 1. The second-order valence-corrected chi connectivity index (χ2v) is 7.47. The Morgan fingerprint density at radius 2 is 1.65 bits per heavy atom. The quantitative estimate of drug-likeness (QED) is 0.378. The predicted molar refractivity (Wildman–Crippen MR) is 124 cm³/mol. The first-order chi connectivity index (χ1) is 15.1. The number of para-hydroxylation sites is 2. The Labute approximate surface area is 184 Å². The van der Waals surface area contributed by atoms with Crippen molar-refractivity contribution in [1.29, 1.82) is 0 Å². The van der Waals surface area contributed by atoms with Crippen LogP contribution in [0.2, 0.25) is 0 Å². The molecule has 2 aromatic heterocycles. The maximum absolute atomic E-state index is 13.1. The molecule has 3 heterocycles. The number of furan rings is 1. The third-order valence-electron chi connectivity index (χ3n) is 4.93. The zero-order valence-electron chi connectivity index (χ0n) is 16.6. The Morgan fingerprint density at radius 3 is 2.29 bits per heavy atom. The van der Waals surface area contributed by atoms with E-state index in [1.807, 2.05) is 85.9 Å². The van der Waals surface area contributed by atoms with Gasteiger partial charge in [0.25, 0.3) is 5.91 Å². The maximum atomic E-state index is 13.1. The van der Waals surface area contributed by atoms with Crippen LogP contribution < -0.4 is 10.2 Å². The number of hydrogen-bond donors (Lipinski definition) is 1. The van der Waals surface area contributed by atoms with Gasteiger partial charge < -0.3 is 9.73 Å². The van der Waals surface area contributed by atoms with Crippen molar-refractivity contribution in [2.75, 3.05) is 4.90 Å². The van der Waals surface area contributed by atoms with Gasteiger partial charge in [0, 0.05) is 11.8 Å². The molecule has 0 unspecified atom stereocenters. The average Bonchev–Trinajstić information content (AvgIpc) is 3.47. The monoisotopic (exact) mass is 426 g/mol. The van der Waals surface area contributed by atoms with Crippen molar-refractivity contribution in [2.24, 2.45) is 0 Å². The smallest absolute Gasteiger partial charge is 0.281 e. The molecular formula is C24H18N4O2S. The summed E-state index contributed by atoms with van der Waals surface area (Å²) in [4.78, 5) is 14.6. The largest absolute Gasteiger partial charge is 0.460 e. The molecule has 0 spiro atoms. The number of carbonyl (C=O) groups is 1. The first-order valence-electron chi connectivity index (χ1n) is 9.74. The van der Waals surface area contributed by atoms with E-state index < -0.39 is 0 Å². The summed E-state index contributed by atoms with van der Waals surface area (Å²) in [7, 11) is 0. The molecule has 5 rings (SSSR count). The van der Waals surface area contributed by atoms with Crippen LogP contribution in [0.1, 0.15) is 11.3 Å². The van der Waals surface area contributed by atoms with Crippen molar-refractivity contribution < 1.29 is 9.21 Å². The number of nitrogens with zero attached hydrogens (tertiary/aromatic N) is 3. The Bertz CT molecular complexity index is 1310. The molecule has 0 bridgehead atoms. The van der Waals surface area contributed by atoms with Crippen molar-refractivity contribution >= 4 is 35.0 Å². The summed E-state index contributed by atoms with van der Waals surface area (Å²) in [5, 5.41) is 8.10.